The summed E-state index contributed by atoms with van der Waals surface area (Å²) < 4.78 is 26.2. The van der Waals surface area contributed by atoms with Crippen LogP contribution in [0.25, 0.3) is 0 Å². The number of phosphoric acid groups is 1. The Morgan fingerprint density at radius 3 is 1.53 bits per heavy atom. The van der Waals surface area contributed by atoms with Crippen LogP contribution in [0, 0.1) is 0 Å². The highest BCUT2D eigenvalue weighted by molar-refractivity contribution is 7.46. The van der Waals surface area contributed by atoms with Gasteiger partial charge in [0, 0.05) is 12.8 Å². The van der Waals surface area contributed by atoms with Crippen LogP contribution in [-0.2, 0) is 28.2 Å². The number of phosphoric ester groups is 1. The number of carbonyl (C=O) groups excluding carboxylic acids is 2. The van der Waals surface area contributed by atoms with Crippen molar-refractivity contribution in [3.05, 3.63) is 24.3 Å². The van der Waals surface area contributed by atoms with Gasteiger partial charge in [-0.15, -0.1) is 0 Å². The van der Waals surface area contributed by atoms with Crippen LogP contribution in [0.2, 0.25) is 0 Å². The summed E-state index contributed by atoms with van der Waals surface area (Å²) in [5.74, 6) is -0.898. The first kappa shape index (κ1) is 43.5. The van der Waals surface area contributed by atoms with Crippen LogP contribution in [-0.4, -0.2) is 41.0 Å². The van der Waals surface area contributed by atoms with E-state index in [1.165, 1.54) is 70.6 Å². The molecule has 0 aromatic carbocycles. The van der Waals surface area contributed by atoms with Gasteiger partial charge in [-0.05, 0) is 38.5 Å². The zero-order valence-electron chi connectivity index (χ0n) is 28.8. The fourth-order valence-corrected chi connectivity index (χ4v) is 5.34. The first-order valence-corrected chi connectivity index (χ1v) is 19.7. The van der Waals surface area contributed by atoms with Crippen LogP contribution in [0.5, 0.6) is 0 Å². The number of carbonyl (C=O) groups is 2. The molecule has 0 aromatic heterocycles. The molecule has 0 saturated carbocycles. The van der Waals surface area contributed by atoms with Gasteiger partial charge >= 0.3 is 19.8 Å². The fraction of sp³-hybridized carbons (Fsp3) is 0.833. The third-order valence-electron chi connectivity index (χ3n) is 7.72. The van der Waals surface area contributed by atoms with E-state index >= 15 is 0 Å². The maximum absolute atomic E-state index is 12.3. The Balaban J connectivity index is 3.99. The van der Waals surface area contributed by atoms with E-state index in [2.05, 4.69) is 42.7 Å². The highest BCUT2D eigenvalue weighted by Crippen LogP contribution is 2.36. The number of esters is 2. The Bertz CT molecular complexity index is 792. The summed E-state index contributed by atoms with van der Waals surface area (Å²) in [6.07, 6.45) is 34.7. The van der Waals surface area contributed by atoms with Gasteiger partial charge < -0.3 is 19.3 Å². The molecule has 8 nitrogen and oxygen atoms in total. The largest absolute Gasteiger partial charge is 0.469 e. The molecule has 0 aromatic rings. The normalized spacial score (nSPS) is 12.7. The molecule has 0 fully saturated rings. The number of unbranched alkanes of at least 4 members (excludes halogenated alkanes) is 19. The lowest BCUT2D eigenvalue weighted by Crippen LogP contribution is -2.29. The summed E-state index contributed by atoms with van der Waals surface area (Å²) in [5.41, 5.74) is 0. The highest BCUT2D eigenvalue weighted by Gasteiger charge is 2.22. The van der Waals surface area contributed by atoms with E-state index in [-0.39, 0.29) is 19.4 Å². The average molecular weight is 659 g/mol. The molecule has 0 amide bonds. The van der Waals surface area contributed by atoms with Gasteiger partial charge in [0.05, 0.1) is 6.61 Å². The van der Waals surface area contributed by atoms with Crippen molar-refractivity contribution in [2.75, 3.05) is 13.2 Å². The molecule has 0 rings (SSSR count). The Morgan fingerprint density at radius 1 is 0.578 bits per heavy atom. The van der Waals surface area contributed by atoms with Crippen molar-refractivity contribution in [1.82, 2.24) is 0 Å². The van der Waals surface area contributed by atoms with Gasteiger partial charge in [0.15, 0.2) is 6.10 Å². The van der Waals surface area contributed by atoms with Crippen molar-refractivity contribution >= 4 is 19.8 Å². The number of hydrogen-bond acceptors (Lipinski definition) is 6. The van der Waals surface area contributed by atoms with Crippen molar-refractivity contribution in [1.29, 1.82) is 0 Å². The minimum Gasteiger partial charge on any atom is -0.462 e. The maximum Gasteiger partial charge on any atom is 0.469 e. The number of ether oxygens (including phenoxy) is 2. The van der Waals surface area contributed by atoms with Gasteiger partial charge in [0.2, 0.25) is 0 Å². The van der Waals surface area contributed by atoms with Crippen molar-refractivity contribution in [3.63, 3.8) is 0 Å². The van der Waals surface area contributed by atoms with Gasteiger partial charge in [0.25, 0.3) is 0 Å². The standard InChI is InChI=1S/C36H67O8P/c1-3-5-7-9-11-13-15-17-19-20-22-24-26-28-30-35(37)42-32-34(33-43-45(39,40)41)44-36(38)31-29-27-25-23-21-18-16-14-12-10-8-6-4-2/h9,11,15,17,34H,3-8,10,12-14,16,18-33H2,1-2H3,(H2,39,40,41)/b11-9-,17-15-/t34-/m1/s1. The molecule has 1 atom stereocenters. The Hall–Kier alpha value is -1.47. The molecular weight excluding hydrogens is 591 g/mol. The molecule has 0 bridgehead atoms. The topological polar surface area (TPSA) is 119 Å². The minimum absolute atomic E-state index is 0.212. The molecule has 0 spiro atoms. The third-order valence-corrected chi connectivity index (χ3v) is 8.21. The maximum atomic E-state index is 12.3. The second-order valence-electron chi connectivity index (χ2n) is 12.2. The predicted octanol–water partition coefficient (Wildman–Crippen LogP) is 10.5. The molecule has 45 heavy (non-hydrogen) atoms. The number of allylic oxidation sites excluding steroid dienone is 4. The number of hydrogen-bond donors (Lipinski definition) is 2. The van der Waals surface area contributed by atoms with Crippen molar-refractivity contribution in [2.45, 2.75) is 180 Å². The Labute approximate surface area is 275 Å². The quantitative estimate of drug-likeness (QED) is 0.0309. The molecule has 0 aliphatic rings. The van der Waals surface area contributed by atoms with Crippen molar-refractivity contribution in [3.8, 4) is 0 Å². The smallest absolute Gasteiger partial charge is 0.462 e. The van der Waals surface area contributed by atoms with E-state index in [0.717, 1.165) is 64.2 Å². The predicted molar refractivity (Wildman–Crippen MR) is 184 cm³/mol. The minimum atomic E-state index is -4.75. The van der Waals surface area contributed by atoms with Gasteiger partial charge in [-0.2, -0.15) is 0 Å². The molecule has 264 valence electrons. The highest BCUT2D eigenvalue weighted by atomic mass is 31.2. The Morgan fingerprint density at radius 2 is 1.02 bits per heavy atom. The summed E-state index contributed by atoms with van der Waals surface area (Å²) >= 11 is 0. The van der Waals surface area contributed by atoms with Crippen LogP contribution < -0.4 is 0 Å². The van der Waals surface area contributed by atoms with Crippen LogP contribution in [0.15, 0.2) is 24.3 Å². The molecule has 0 radical (unpaired) electrons. The van der Waals surface area contributed by atoms with Gasteiger partial charge in [-0.3, -0.25) is 14.1 Å². The first-order chi connectivity index (χ1) is 21.8. The molecule has 0 saturated heterocycles. The second kappa shape index (κ2) is 32.5. The molecule has 0 aliphatic carbocycles. The summed E-state index contributed by atoms with van der Waals surface area (Å²) in [6, 6.07) is 0. The molecule has 2 N–H and O–H groups in total. The molecule has 0 unspecified atom stereocenters. The second-order valence-corrected chi connectivity index (χ2v) is 13.4. The lowest BCUT2D eigenvalue weighted by molar-refractivity contribution is -0.161. The molecule has 0 heterocycles. The lowest BCUT2D eigenvalue weighted by atomic mass is 10.0. The lowest BCUT2D eigenvalue weighted by Gasteiger charge is -2.18. The van der Waals surface area contributed by atoms with E-state index in [1.54, 1.807) is 0 Å². The van der Waals surface area contributed by atoms with Crippen LogP contribution in [0.4, 0.5) is 0 Å². The Kier molecular flexibility index (Phi) is 31.4. The van der Waals surface area contributed by atoms with Crippen LogP contribution >= 0.6 is 7.82 Å². The first-order valence-electron chi connectivity index (χ1n) is 18.1. The van der Waals surface area contributed by atoms with E-state index < -0.39 is 32.5 Å². The summed E-state index contributed by atoms with van der Waals surface area (Å²) in [5, 5.41) is 0. The monoisotopic (exact) mass is 658 g/mol. The van der Waals surface area contributed by atoms with Crippen molar-refractivity contribution in [2.24, 2.45) is 0 Å². The van der Waals surface area contributed by atoms with E-state index in [0.29, 0.717) is 12.8 Å². The third kappa shape index (κ3) is 35.2. The van der Waals surface area contributed by atoms with Gasteiger partial charge in [0.1, 0.15) is 6.61 Å². The molecular formula is C36H67O8P. The summed E-state index contributed by atoms with van der Waals surface area (Å²) in [7, 11) is -4.75. The fourth-order valence-electron chi connectivity index (χ4n) is 4.98. The van der Waals surface area contributed by atoms with Gasteiger partial charge in [-0.1, -0.05) is 147 Å². The summed E-state index contributed by atoms with van der Waals surface area (Å²) in [6.45, 7) is 3.62. The van der Waals surface area contributed by atoms with Crippen LogP contribution in [0.3, 0.4) is 0 Å². The zero-order chi connectivity index (χ0) is 33.3. The van der Waals surface area contributed by atoms with Gasteiger partial charge in [-0.25, -0.2) is 4.57 Å². The number of rotatable bonds is 33. The molecule has 0 aliphatic heterocycles. The van der Waals surface area contributed by atoms with Crippen molar-refractivity contribution < 1.29 is 37.9 Å². The van der Waals surface area contributed by atoms with E-state index in [9.17, 15) is 14.2 Å². The van der Waals surface area contributed by atoms with Crippen LogP contribution in [0.1, 0.15) is 174 Å². The zero-order valence-corrected chi connectivity index (χ0v) is 29.7. The molecule has 9 heteroatoms. The average Bonchev–Trinajstić information content (AvgIpc) is 3.00. The van der Waals surface area contributed by atoms with E-state index in [4.69, 9.17) is 19.3 Å². The van der Waals surface area contributed by atoms with E-state index in [1.807, 2.05) is 0 Å². The summed E-state index contributed by atoms with van der Waals surface area (Å²) in [4.78, 5) is 42.6. The SMILES string of the molecule is CCCC/C=C\C/C=C\CCCCCCCC(=O)OC[C@H](COP(=O)(O)O)OC(=O)CCCCCCCCCCCCCCC.